The second-order valence-electron chi connectivity index (χ2n) is 6.46. The molecular weight excluding hydrogens is 414 g/mol. The number of rotatable bonds is 4. The summed E-state index contributed by atoms with van der Waals surface area (Å²) < 4.78 is 31.5. The zero-order valence-electron chi connectivity index (χ0n) is 16.2. The number of carbonyl (C=O) groups excluding carboxylic acids is 4. The number of benzene rings is 1. The molecule has 11 heteroatoms. The lowest BCUT2D eigenvalue weighted by atomic mass is 10.1. The summed E-state index contributed by atoms with van der Waals surface area (Å²) in [7, 11) is -1.41. The highest BCUT2D eigenvalue weighted by Crippen LogP contribution is 2.26. The van der Waals surface area contributed by atoms with Crippen LogP contribution < -0.4 is 4.72 Å². The Kier molecular flexibility index (Phi) is 5.31. The first-order chi connectivity index (χ1) is 14.0. The monoisotopic (exact) mass is 431 g/mol. The Bertz CT molecular complexity index is 1170. The minimum absolute atomic E-state index is 0.0931. The molecule has 3 rings (SSSR count). The molecule has 0 unspecified atom stereocenters. The number of furan rings is 1. The van der Waals surface area contributed by atoms with Crippen molar-refractivity contribution in [2.45, 2.75) is 11.8 Å². The van der Waals surface area contributed by atoms with E-state index >= 15 is 0 Å². The number of nitrogens with zero attached hydrogens (tertiary/aromatic N) is 2. The van der Waals surface area contributed by atoms with E-state index in [9.17, 15) is 27.6 Å². The molecule has 10 nitrogen and oxygen atoms in total. The van der Waals surface area contributed by atoms with Crippen LogP contribution in [0.5, 0.6) is 0 Å². The Morgan fingerprint density at radius 2 is 1.53 bits per heavy atom. The summed E-state index contributed by atoms with van der Waals surface area (Å²) in [5.41, 5.74) is 0.310. The second kappa shape index (κ2) is 7.59. The maximum Gasteiger partial charge on any atom is 0.333 e. The molecule has 0 atom stereocenters. The van der Waals surface area contributed by atoms with Crippen LogP contribution in [-0.4, -0.2) is 56.1 Å². The van der Waals surface area contributed by atoms with Crippen LogP contribution >= 0.6 is 0 Å². The number of nitrogens with one attached hydrogen (secondary N) is 1. The van der Waals surface area contributed by atoms with Gasteiger partial charge in [-0.25, -0.2) is 17.9 Å². The first kappa shape index (κ1) is 21.0. The highest BCUT2D eigenvalue weighted by molar-refractivity contribution is 7.90. The van der Waals surface area contributed by atoms with Crippen molar-refractivity contribution in [3.63, 3.8) is 0 Å². The lowest BCUT2D eigenvalue weighted by Crippen LogP contribution is -2.52. The summed E-state index contributed by atoms with van der Waals surface area (Å²) in [6.07, 6.45) is 1.24. The van der Waals surface area contributed by atoms with E-state index in [1.807, 2.05) is 4.72 Å². The molecule has 0 radical (unpaired) electrons. The molecule has 0 saturated carbocycles. The van der Waals surface area contributed by atoms with Crippen molar-refractivity contribution >= 4 is 39.9 Å². The third kappa shape index (κ3) is 3.87. The van der Waals surface area contributed by atoms with Crippen LogP contribution in [0.1, 0.15) is 12.7 Å². The van der Waals surface area contributed by atoms with Gasteiger partial charge in [0.2, 0.25) is 5.91 Å². The van der Waals surface area contributed by atoms with E-state index in [4.69, 9.17) is 4.42 Å². The lowest BCUT2D eigenvalue weighted by molar-refractivity contribution is -0.134. The summed E-state index contributed by atoms with van der Waals surface area (Å²) >= 11 is 0. The van der Waals surface area contributed by atoms with Gasteiger partial charge in [0.1, 0.15) is 17.1 Å². The SMILES string of the molecule is CC(=O)NS(=O)(=O)c1ccc(-c2ccc(C=C3C(=O)N(C)C(=O)N(C)C3=O)o2)cc1. The minimum atomic E-state index is -3.95. The number of likely N-dealkylation sites (N-methyl/N-ethyl adjacent to an activating group) is 2. The topological polar surface area (TPSA) is 134 Å². The highest BCUT2D eigenvalue weighted by Gasteiger charge is 2.38. The van der Waals surface area contributed by atoms with E-state index in [-0.39, 0.29) is 16.2 Å². The highest BCUT2D eigenvalue weighted by atomic mass is 32.2. The van der Waals surface area contributed by atoms with Gasteiger partial charge in [-0.3, -0.25) is 24.2 Å². The smallest absolute Gasteiger partial charge is 0.333 e. The van der Waals surface area contributed by atoms with Crippen molar-refractivity contribution in [1.82, 2.24) is 14.5 Å². The van der Waals surface area contributed by atoms with E-state index in [0.717, 1.165) is 16.7 Å². The predicted molar refractivity (Wildman–Crippen MR) is 104 cm³/mol. The van der Waals surface area contributed by atoms with Gasteiger partial charge in [0.05, 0.1) is 4.90 Å². The molecule has 1 aliphatic heterocycles. The zero-order chi connectivity index (χ0) is 22.2. The zero-order valence-corrected chi connectivity index (χ0v) is 17.0. The lowest BCUT2D eigenvalue weighted by Gasteiger charge is -2.28. The van der Waals surface area contributed by atoms with Gasteiger partial charge >= 0.3 is 6.03 Å². The van der Waals surface area contributed by atoms with E-state index in [1.165, 1.54) is 50.5 Å². The molecule has 1 aromatic carbocycles. The summed E-state index contributed by atoms with van der Waals surface area (Å²) in [4.78, 5) is 48.8. The second-order valence-corrected chi connectivity index (χ2v) is 8.14. The number of amides is 5. The van der Waals surface area contributed by atoms with Gasteiger partial charge in [-0.15, -0.1) is 0 Å². The number of urea groups is 1. The van der Waals surface area contributed by atoms with Crippen LogP contribution in [0.3, 0.4) is 0 Å². The molecule has 5 amide bonds. The fourth-order valence-corrected chi connectivity index (χ4v) is 3.74. The Balaban J connectivity index is 1.87. The van der Waals surface area contributed by atoms with Crippen LogP contribution in [0, 0.1) is 0 Å². The molecule has 1 saturated heterocycles. The number of hydrogen-bond donors (Lipinski definition) is 1. The maximum absolute atomic E-state index is 12.2. The maximum atomic E-state index is 12.2. The molecule has 0 bridgehead atoms. The van der Waals surface area contributed by atoms with Crippen molar-refractivity contribution < 1.29 is 32.0 Å². The summed E-state index contributed by atoms with van der Waals surface area (Å²) in [6.45, 7) is 1.10. The average molecular weight is 431 g/mol. The van der Waals surface area contributed by atoms with Crippen LogP contribution in [0.25, 0.3) is 17.4 Å². The van der Waals surface area contributed by atoms with Gasteiger partial charge in [-0.05, 0) is 42.5 Å². The molecular formula is C19H17N3O7S. The molecule has 1 fully saturated rings. The third-order valence-electron chi connectivity index (χ3n) is 4.28. The Labute approximate surface area is 171 Å². The summed E-state index contributed by atoms with van der Waals surface area (Å²) in [5.74, 6) is -1.62. The molecule has 2 heterocycles. The normalized spacial score (nSPS) is 14.9. The minimum Gasteiger partial charge on any atom is -0.457 e. The van der Waals surface area contributed by atoms with Gasteiger partial charge in [0, 0.05) is 26.6 Å². The van der Waals surface area contributed by atoms with Crippen LogP contribution in [0.2, 0.25) is 0 Å². The third-order valence-corrected chi connectivity index (χ3v) is 5.73. The Morgan fingerprint density at radius 3 is 2.07 bits per heavy atom. The predicted octanol–water partition coefficient (Wildman–Crippen LogP) is 1.21. The molecule has 0 spiro atoms. The van der Waals surface area contributed by atoms with Crippen molar-refractivity contribution in [3.05, 3.63) is 47.7 Å². The van der Waals surface area contributed by atoms with Gasteiger partial charge in [-0.2, -0.15) is 0 Å². The molecule has 156 valence electrons. The quantitative estimate of drug-likeness (QED) is 0.568. The number of barbiturate groups is 1. The molecule has 1 aliphatic rings. The van der Waals surface area contributed by atoms with Crippen molar-refractivity contribution in [3.8, 4) is 11.3 Å². The molecule has 1 N–H and O–H groups in total. The number of hydrogen-bond acceptors (Lipinski definition) is 7. The van der Waals surface area contributed by atoms with Crippen LogP contribution in [0.4, 0.5) is 4.79 Å². The summed E-state index contributed by atoms with van der Waals surface area (Å²) in [5, 5.41) is 0. The van der Waals surface area contributed by atoms with E-state index in [0.29, 0.717) is 11.3 Å². The first-order valence-corrected chi connectivity index (χ1v) is 10.0. The van der Waals surface area contributed by atoms with E-state index in [1.54, 1.807) is 6.07 Å². The van der Waals surface area contributed by atoms with Gasteiger partial charge in [0.25, 0.3) is 21.8 Å². The average Bonchev–Trinajstić information content (AvgIpc) is 3.16. The van der Waals surface area contributed by atoms with Crippen molar-refractivity contribution in [2.24, 2.45) is 0 Å². The van der Waals surface area contributed by atoms with Crippen molar-refractivity contribution in [1.29, 1.82) is 0 Å². The first-order valence-electron chi connectivity index (χ1n) is 8.56. The number of carbonyl (C=O) groups is 4. The van der Waals surface area contributed by atoms with E-state index < -0.39 is 33.8 Å². The molecule has 2 aromatic rings. The van der Waals surface area contributed by atoms with Gasteiger partial charge < -0.3 is 4.42 Å². The Morgan fingerprint density at radius 1 is 0.967 bits per heavy atom. The largest absolute Gasteiger partial charge is 0.457 e. The number of sulfonamides is 1. The molecule has 1 aromatic heterocycles. The Hall–Kier alpha value is -3.73. The molecule has 0 aliphatic carbocycles. The van der Waals surface area contributed by atoms with Crippen molar-refractivity contribution in [2.75, 3.05) is 14.1 Å². The fourth-order valence-electron chi connectivity index (χ4n) is 2.75. The molecule has 30 heavy (non-hydrogen) atoms. The number of imide groups is 2. The standard InChI is InChI=1S/C19H17N3O7S/c1-11(23)20-30(27,28)14-7-4-12(5-8-14)16-9-6-13(29-16)10-15-17(24)21(2)19(26)22(3)18(15)25/h4-10H,1-3H3,(H,20,23). The van der Waals surface area contributed by atoms with Gasteiger partial charge in [-0.1, -0.05) is 0 Å². The summed E-state index contributed by atoms with van der Waals surface area (Å²) in [6, 6.07) is 7.98. The van der Waals surface area contributed by atoms with E-state index in [2.05, 4.69) is 0 Å². The van der Waals surface area contributed by atoms with Crippen LogP contribution in [0.15, 0.2) is 51.3 Å². The fraction of sp³-hybridized carbons (Fsp3) is 0.158. The van der Waals surface area contributed by atoms with Gasteiger partial charge in [0.15, 0.2) is 0 Å². The van der Waals surface area contributed by atoms with Crippen LogP contribution in [-0.2, 0) is 24.4 Å².